The van der Waals surface area contributed by atoms with Crippen LogP contribution in [-0.2, 0) is 4.79 Å². The van der Waals surface area contributed by atoms with Gasteiger partial charge in [-0.15, -0.1) is 23.1 Å². The maximum absolute atomic E-state index is 11.8. The van der Waals surface area contributed by atoms with Gasteiger partial charge in [-0.2, -0.15) is 5.26 Å². The quantitative estimate of drug-likeness (QED) is 0.923. The fourth-order valence-electron chi connectivity index (χ4n) is 2.02. The average Bonchev–Trinajstić information content (AvgIpc) is 2.82. The van der Waals surface area contributed by atoms with Gasteiger partial charge in [-0.1, -0.05) is 6.92 Å². The van der Waals surface area contributed by atoms with Gasteiger partial charge in [0.25, 0.3) is 0 Å². The van der Waals surface area contributed by atoms with Crippen molar-refractivity contribution in [3.05, 3.63) is 32.5 Å². The number of nitrogens with zero attached hydrogens (tertiary/aromatic N) is 1. The van der Waals surface area contributed by atoms with E-state index < -0.39 is 0 Å². The number of rotatable bonds is 4. The molecule has 1 amide bonds. The number of nitrogens with one attached hydrogen (secondary N) is 1. The first-order valence-electron chi connectivity index (χ1n) is 6.29. The van der Waals surface area contributed by atoms with Crippen LogP contribution in [0.2, 0.25) is 0 Å². The molecule has 1 aliphatic heterocycles. The Bertz CT molecular complexity index is 554. The Kier molecular flexibility index (Phi) is 4.67. The van der Waals surface area contributed by atoms with Crippen LogP contribution in [-0.4, -0.2) is 11.7 Å². The van der Waals surface area contributed by atoms with Crippen LogP contribution in [0.5, 0.6) is 0 Å². The molecule has 1 atom stereocenters. The van der Waals surface area contributed by atoms with Crippen molar-refractivity contribution in [3.63, 3.8) is 0 Å². The summed E-state index contributed by atoms with van der Waals surface area (Å²) in [7, 11) is 0. The number of aryl methyl sites for hydroxylation is 1. The van der Waals surface area contributed by atoms with Crippen LogP contribution in [0.1, 0.15) is 35.4 Å². The zero-order valence-corrected chi connectivity index (χ0v) is 12.7. The van der Waals surface area contributed by atoms with E-state index in [4.69, 9.17) is 0 Å². The summed E-state index contributed by atoms with van der Waals surface area (Å²) < 4.78 is 0. The molecule has 0 saturated carbocycles. The molecule has 2 rings (SSSR count). The first-order valence-corrected chi connectivity index (χ1v) is 8.09. The second-order valence-corrected chi connectivity index (χ2v) is 6.88. The maximum atomic E-state index is 11.8. The zero-order chi connectivity index (χ0) is 13.8. The topological polar surface area (TPSA) is 52.9 Å². The fourth-order valence-corrected chi connectivity index (χ4v) is 3.95. The summed E-state index contributed by atoms with van der Waals surface area (Å²) in [5, 5.41) is 13.0. The lowest BCUT2D eigenvalue weighted by Gasteiger charge is -2.23. The van der Waals surface area contributed by atoms with Crippen molar-refractivity contribution in [2.45, 2.75) is 32.6 Å². The number of hydrogen-bond donors (Lipinski definition) is 1. The Morgan fingerprint density at radius 2 is 2.37 bits per heavy atom. The summed E-state index contributed by atoms with van der Waals surface area (Å²) in [4.78, 5) is 14.1. The predicted octanol–water partition coefficient (Wildman–Crippen LogP) is 3.54. The second-order valence-electron chi connectivity index (χ2n) is 4.46. The van der Waals surface area contributed by atoms with Crippen molar-refractivity contribution in [1.82, 2.24) is 5.32 Å². The zero-order valence-electron chi connectivity index (χ0n) is 11.0. The Labute approximate surface area is 121 Å². The van der Waals surface area contributed by atoms with Crippen LogP contribution < -0.4 is 5.32 Å². The first-order chi connectivity index (χ1) is 9.15. The molecule has 0 unspecified atom stereocenters. The van der Waals surface area contributed by atoms with Gasteiger partial charge in [-0.05, 0) is 31.2 Å². The van der Waals surface area contributed by atoms with Crippen molar-refractivity contribution >= 4 is 29.0 Å². The van der Waals surface area contributed by atoms with Crippen molar-refractivity contribution in [3.8, 4) is 6.07 Å². The number of carbonyl (C=O) groups excluding carboxylic acids is 1. The van der Waals surface area contributed by atoms with Gasteiger partial charge in [-0.3, -0.25) is 4.79 Å². The fraction of sp³-hybridized carbons (Fsp3) is 0.429. The smallest absolute Gasteiger partial charge is 0.225 e. The summed E-state index contributed by atoms with van der Waals surface area (Å²) in [5.41, 5.74) is 0.708. The van der Waals surface area contributed by atoms with E-state index in [2.05, 4.69) is 18.3 Å². The van der Waals surface area contributed by atoms with Crippen molar-refractivity contribution < 1.29 is 4.79 Å². The molecule has 100 valence electrons. The molecule has 0 radical (unpaired) electrons. The van der Waals surface area contributed by atoms with Gasteiger partial charge < -0.3 is 5.32 Å². The van der Waals surface area contributed by atoms with Gasteiger partial charge >= 0.3 is 0 Å². The molecule has 1 aliphatic rings. The van der Waals surface area contributed by atoms with E-state index in [1.54, 1.807) is 23.1 Å². The highest BCUT2D eigenvalue weighted by Gasteiger charge is 2.30. The maximum Gasteiger partial charge on any atom is 0.225 e. The summed E-state index contributed by atoms with van der Waals surface area (Å²) in [6.45, 7) is 4.13. The summed E-state index contributed by atoms with van der Waals surface area (Å²) in [6.07, 6.45) is 1.39. The molecule has 0 spiro atoms. The van der Waals surface area contributed by atoms with Gasteiger partial charge in [-0.25, -0.2) is 0 Å². The van der Waals surface area contributed by atoms with E-state index in [9.17, 15) is 10.1 Å². The minimum Gasteiger partial charge on any atom is -0.320 e. The van der Waals surface area contributed by atoms with E-state index in [0.717, 1.165) is 22.1 Å². The minimum atomic E-state index is -0.0724. The number of thioether (sulfide) groups is 1. The van der Waals surface area contributed by atoms with E-state index >= 15 is 0 Å². The lowest BCUT2D eigenvalue weighted by molar-refractivity contribution is -0.120. The highest BCUT2D eigenvalue weighted by molar-refractivity contribution is 8.03. The number of thiophene rings is 1. The largest absolute Gasteiger partial charge is 0.320 e. The molecule has 5 heteroatoms. The van der Waals surface area contributed by atoms with Crippen LogP contribution in [0, 0.1) is 18.3 Å². The molecule has 0 saturated heterocycles. The molecule has 1 aromatic rings. The number of nitriles is 1. The molecular formula is C14H16N2OS2. The first kappa shape index (κ1) is 14.2. The Balaban J connectivity index is 2.35. The highest BCUT2D eigenvalue weighted by atomic mass is 32.2. The third-order valence-electron chi connectivity index (χ3n) is 2.91. The van der Waals surface area contributed by atoms with Gasteiger partial charge in [0.2, 0.25) is 5.91 Å². The summed E-state index contributed by atoms with van der Waals surface area (Å²) in [6, 6.07) is 6.36. The number of carbonyl (C=O) groups is 1. The van der Waals surface area contributed by atoms with Crippen LogP contribution in [0.4, 0.5) is 0 Å². The molecule has 0 aliphatic carbocycles. The van der Waals surface area contributed by atoms with Crippen LogP contribution in [0.3, 0.4) is 0 Å². The van der Waals surface area contributed by atoms with E-state index in [-0.39, 0.29) is 11.8 Å². The monoisotopic (exact) mass is 292 g/mol. The molecule has 0 bridgehead atoms. The number of allylic oxidation sites excluding steroid dienone is 1. The third-order valence-corrected chi connectivity index (χ3v) is 5.25. The molecule has 3 nitrogen and oxygen atoms in total. The minimum absolute atomic E-state index is 0.00801. The molecule has 2 heterocycles. The van der Waals surface area contributed by atoms with Crippen molar-refractivity contribution in [1.29, 1.82) is 5.26 Å². The lowest BCUT2D eigenvalue weighted by Crippen LogP contribution is -2.30. The Morgan fingerprint density at radius 1 is 1.58 bits per heavy atom. The Hall–Kier alpha value is -1.25. The van der Waals surface area contributed by atoms with E-state index in [0.29, 0.717) is 12.0 Å². The predicted molar refractivity (Wildman–Crippen MR) is 79.9 cm³/mol. The van der Waals surface area contributed by atoms with Gasteiger partial charge in [0.15, 0.2) is 0 Å². The van der Waals surface area contributed by atoms with Crippen LogP contribution in [0.15, 0.2) is 22.7 Å². The lowest BCUT2D eigenvalue weighted by atomic mass is 9.92. The van der Waals surface area contributed by atoms with E-state index in [1.807, 2.05) is 19.1 Å². The third kappa shape index (κ3) is 3.20. The normalized spacial score (nSPS) is 19.2. The van der Waals surface area contributed by atoms with Crippen molar-refractivity contribution in [2.24, 2.45) is 0 Å². The molecule has 0 fully saturated rings. The van der Waals surface area contributed by atoms with Gasteiger partial charge in [0.1, 0.15) is 0 Å². The molecule has 19 heavy (non-hydrogen) atoms. The van der Waals surface area contributed by atoms with E-state index in [1.165, 1.54) is 4.88 Å². The van der Waals surface area contributed by atoms with Crippen LogP contribution in [0.25, 0.3) is 0 Å². The van der Waals surface area contributed by atoms with Crippen LogP contribution >= 0.6 is 23.1 Å². The highest BCUT2D eigenvalue weighted by Crippen LogP contribution is 2.38. The summed E-state index contributed by atoms with van der Waals surface area (Å²) >= 11 is 3.24. The van der Waals surface area contributed by atoms with Gasteiger partial charge in [0, 0.05) is 22.1 Å². The molecule has 1 N–H and O–H groups in total. The number of amides is 1. The summed E-state index contributed by atoms with van der Waals surface area (Å²) in [5.74, 6) is 0.849. The second kappa shape index (κ2) is 6.27. The molecule has 1 aromatic heterocycles. The SMILES string of the molecule is CCCSC1=C(C#N)[C@@H](c2ccc(C)s2)CC(=O)N1. The Morgan fingerprint density at radius 3 is 2.95 bits per heavy atom. The van der Waals surface area contributed by atoms with Crippen molar-refractivity contribution in [2.75, 3.05) is 5.75 Å². The molecule has 0 aromatic carbocycles. The van der Waals surface area contributed by atoms with Gasteiger partial charge in [0.05, 0.1) is 16.7 Å². The number of hydrogen-bond acceptors (Lipinski definition) is 4. The average molecular weight is 292 g/mol. The molecular weight excluding hydrogens is 276 g/mol. The standard InChI is InChI=1S/C14H16N2OS2/c1-3-6-18-14-11(8-15)10(7-13(17)16-14)12-5-4-9(2)19-12/h4-5,10H,3,6-7H2,1-2H3,(H,16,17)/t10-/m0/s1.